The fraction of sp³-hybridized carbons (Fsp3) is 0.0714. The molecule has 3 rings (SSSR count). The molecule has 0 saturated carbocycles. The van der Waals surface area contributed by atoms with Crippen LogP contribution in [0.15, 0.2) is 53.1 Å². The average Bonchev–Trinajstić information content (AvgIpc) is 2.73. The zero-order valence-electron chi connectivity index (χ0n) is 9.48. The predicted molar refractivity (Wildman–Crippen MR) is 78.0 cm³/mol. The van der Waals surface area contributed by atoms with Crippen LogP contribution in [0.4, 0.5) is 0 Å². The lowest BCUT2D eigenvalue weighted by Gasteiger charge is -2.01. The van der Waals surface area contributed by atoms with E-state index in [9.17, 15) is 0 Å². The lowest BCUT2D eigenvalue weighted by molar-refractivity contribution is 0.696. The summed E-state index contributed by atoms with van der Waals surface area (Å²) in [6.45, 7) is 0.753. The molecule has 18 heavy (non-hydrogen) atoms. The van der Waals surface area contributed by atoms with Gasteiger partial charge in [0.25, 0.3) is 0 Å². The second-order valence-corrected chi connectivity index (χ2v) is 5.51. The summed E-state index contributed by atoms with van der Waals surface area (Å²) < 4.78 is 3.02. The van der Waals surface area contributed by atoms with E-state index in [1.165, 1.54) is 5.56 Å². The first-order valence-electron chi connectivity index (χ1n) is 5.58. The van der Waals surface area contributed by atoms with Gasteiger partial charge in [-0.3, -0.25) is 4.68 Å². The van der Waals surface area contributed by atoms with E-state index < -0.39 is 0 Å². The van der Waals surface area contributed by atoms with Gasteiger partial charge in [-0.1, -0.05) is 39.7 Å². The Morgan fingerprint density at radius 1 is 1.11 bits per heavy atom. The molecule has 0 aliphatic heterocycles. The van der Waals surface area contributed by atoms with Gasteiger partial charge < -0.3 is 0 Å². The molecule has 3 aromatic rings. The number of fused-ring (bicyclic) bond motifs is 1. The lowest BCUT2D eigenvalue weighted by Crippen LogP contribution is -1.99. The minimum absolute atomic E-state index is 0.753. The molecule has 0 radical (unpaired) electrons. The summed E-state index contributed by atoms with van der Waals surface area (Å²) in [5.74, 6) is 0. The summed E-state index contributed by atoms with van der Waals surface area (Å²) in [6, 6.07) is 13.9. The summed E-state index contributed by atoms with van der Waals surface area (Å²) in [4.78, 5) is 0. The monoisotopic (exact) mass is 320 g/mol. The summed E-state index contributed by atoms with van der Waals surface area (Å²) in [7, 11) is 0. The van der Waals surface area contributed by atoms with Crippen LogP contribution < -0.4 is 0 Å². The minimum Gasteiger partial charge on any atom is -0.267 e. The van der Waals surface area contributed by atoms with Crippen molar-refractivity contribution in [1.29, 1.82) is 0 Å². The number of benzene rings is 2. The van der Waals surface area contributed by atoms with Crippen molar-refractivity contribution in [3.63, 3.8) is 0 Å². The smallest absolute Gasteiger partial charge is 0.0924 e. The summed E-state index contributed by atoms with van der Waals surface area (Å²) in [5.41, 5.74) is 2.19. The molecule has 0 aliphatic carbocycles. The van der Waals surface area contributed by atoms with Crippen LogP contribution in [0.2, 0.25) is 5.02 Å². The summed E-state index contributed by atoms with van der Waals surface area (Å²) in [5, 5.41) is 6.43. The van der Waals surface area contributed by atoms with Crippen molar-refractivity contribution in [2.75, 3.05) is 0 Å². The van der Waals surface area contributed by atoms with E-state index in [0.29, 0.717) is 0 Å². The van der Waals surface area contributed by atoms with E-state index in [1.807, 2.05) is 41.1 Å². The number of hydrogen-bond donors (Lipinski definition) is 0. The molecule has 4 heteroatoms. The maximum atomic E-state index is 5.87. The molecule has 0 bridgehead atoms. The van der Waals surface area contributed by atoms with Gasteiger partial charge in [0.05, 0.1) is 12.1 Å². The Morgan fingerprint density at radius 2 is 1.89 bits per heavy atom. The third kappa shape index (κ3) is 2.42. The average molecular weight is 322 g/mol. The zero-order valence-corrected chi connectivity index (χ0v) is 11.8. The highest BCUT2D eigenvalue weighted by molar-refractivity contribution is 9.10. The van der Waals surface area contributed by atoms with Crippen molar-refractivity contribution in [2.24, 2.45) is 0 Å². The molecule has 90 valence electrons. The van der Waals surface area contributed by atoms with Gasteiger partial charge in [0.1, 0.15) is 0 Å². The zero-order chi connectivity index (χ0) is 12.5. The van der Waals surface area contributed by atoms with Crippen LogP contribution in [0.25, 0.3) is 10.9 Å². The number of hydrogen-bond acceptors (Lipinski definition) is 1. The fourth-order valence-electron chi connectivity index (χ4n) is 1.91. The summed E-state index contributed by atoms with van der Waals surface area (Å²) in [6.07, 6.45) is 2.05. The Bertz CT molecular complexity index is 689. The third-order valence-electron chi connectivity index (χ3n) is 2.77. The highest BCUT2D eigenvalue weighted by Crippen LogP contribution is 2.19. The Balaban J connectivity index is 1.92. The van der Waals surface area contributed by atoms with Crippen molar-refractivity contribution in [3.8, 4) is 0 Å². The lowest BCUT2D eigenvalue weighted by atomic mass is 10.2. The molecular formula is C14H10BrClN2. The van der Waals surface area contributed by atoms with Crippen molar-refractivity contribution >= 4 is 38.4 Å². The van der Waals surface area contributed by atoms with Crippen LogP contribution in [0.3, 0.4) is 0 Å². The highest BCUT2D eigenvalue weighted by atomic mass is 79.9. The maximum absolute atomic E-state index is 5.87. The van der Waals surface area contributed by atoms with Gasteiger partial charge in [0, 0.05) is 21.1 Å². The Morgan fingerprint density at radius 3 is 2.67 bits per heavy atom. The molecule has 0 fully saturated rings. The molecule has 2 nitrogen and oxygen atoms in total. The number of aromatic nitrogens is 2. The molecular weight excluding hydrogens is 312 g/mol. The Hall–Kier alpha value is -1.32. The number of halogens is 2. The molecule has 0 atom stereocenters. The quantitative estimate of drug-likeness (QED) is 0.679. The van der Waals surface area contributed by atoms with Crippen LogP contribution in [-0.4, -0.2) is 9.78 Å². The Kier molecular flexibility index (Phi) is 3.10. The fourth-order valence-corrected chi connectivity index (χ4v) is 2.41. The maximum Gasteiger partial charge on any atom is 0.0924 e. The van der Waals surface area contributed by atoms with Gasteiger partial charge in [0.2, 0.25) is 0 Å². The van der Waals surface area contributed by atoms with Crippen molar-refractivity contribution in [3.05, 3.63) is 63.7 Å². The number of nitrogens with zero attached hydrogens (tertiary/aromatic N) is 2. The van der Waals surface area contributed by atoms with Crippen molar-refractivity contribution < 1.29 is 0 Å². The van der Waals surface area contributed by atoms with E-state index in [2.05, 4.69) is 33.3 Å². The van der Waals surface area contributed by atoms with Gasteiger partial charge in [-0.2, -0.15) is 5.10 Å². The third-order valence-corrected chi connectivity index (χ3v) is 3.52. The van der Waals surface area contributed by atoms with Gasteiger partial charge in [-0.25, -0.2) is 0 Å². The van der Waals surface area contributed by atoms with Crippen LogP contribution in [0, 0.1) is 0 Å². The van der Waals surface area contributed by atoms with E-state index >= 15 is 0 Å². The first-order valence-corrected chi connectivity index (χ1v) is 6.75. The van der Waals surface area contributed by atoms with E-state index in [1.54, 1.807) is 0 Å². The largest absolute Gasteiger partial charge is 0.267 e. The molecule has 0 spiro atoms. The SMILES string of the molecule is Clc1ccc(Cn2cc3cc(Br)ccc3n2)cc1. The molecule has 0 amide bonds. The van der Waals surface area contributed by atoms with E-state index in [4.69, 9.17) is 11.6 Å². The molecule has 1 aromatic heterocycles. The first kappa shape index (κ1) is 11.8. The highest BCUT2D eigenvalue weighted by Gasteiger charge is 2.02. The van der Waals surface area contributed by atoms with E-state index in [-0.39, 0.29) is 0 Å². The second kappa shape index (κ2) is 4.75. The predicted octanol–water partition coefficient (Wildman–Crippen LogP) is 4.50. The Labute approximate surface area is 118 Å². The van der Waals surface area contributed by atoms with Crippen molar-refractivity contribution in [1.82, 2.24) is 9.78 Å². The minimum atomic E-state index is 0.753. The van der Waals surface area contributed by atoms with Crippen molar-refractivity contribution in [2.45, 2.75) is 6.54 Å². The van der Waals surface area contributed by atoms with Gasteiger partial charge in [-0.15, -0.1) is 0 Å². The topological polar surface area (TPSA) is 17.8 Å². The van der Waals surface area contributed by atoms with Crippen LogP contribution in [-0.2, 0) is 6.54 Å². The second-order valence-electron chi connectivity index (χ2n) is 4.16. The van der Waals surface area contributed by atoms with Gasteiger partial charge in [-0.05, 0) is 35.9 Å². The standard InChI is InChI=1S/C14H10BrClN2/c15-12-3-6-14-11(7-12)9-18(17-14)8-10-1-4-13(16)5-2-10/h1-7,9H,8H2. The van der Waals surface area contributed by atoms with Gasteiger partial charge >= 0.3 is 0 Å². The summed E-state index contributed by atoms with van der Waals surface area (Å²) >= 11 is 9.33. The number of rotatable bonds is 2. The molecule has 2 aromatic carbocycles. The van der Waals surface area contributed by atoms with E-state index in [0.717, 1.165) is 26.9 Å². The molecule has 0 saturated heterocycles. The molecule has 0 N–H and O–H groups in total. The molecule has 0 unspecified atom stereocenters. The van der Waals surface area contributed by atoms with Crippen LogP contribution >= 0.6 is 27.5 Å². The van der Waals surface area contributed by atoms with Crippen LogP contribution in [0.1, 0.15) is 5.56 Å². The van der Waals surface area contributed by atoms with Crippen LogP contribution in [0.5, 0.6) is 0 Å². The normalized spacial score (nSPS) is 11.0. The molecule has 0 aliphatic rings. The van der Waals surface area contributed by atoms with Gasteiger partial charge in [0.15, 0.2) is 0 Å². The molecule has 1 heterocycles. The first-order chi connectivity index (χ1) is 8.70.